The van der Waals surface area contributed by atoms with Crippen molar-refractivity contribution in [2.24, 2.45) is 0 Å². The molecule has 5 heteroatoms. The molecule has 0 aromatic carbocycles. The van der Waals surface area contributed by atoms with Gasteiger partial charge in [0.2, 0.25) is 0 Å². The smallest absolute Gasteiger partial charge is 0.303 e. The molecule has 2 aliphatic heterocycles. The normalized spacial score (nSPS) is 35.6. The van der Waals surface area contributed by atoms with Gasteiger partial charge in [0.25, 0.3) is 0 Å². The molecule has 0 aromatic rings. The maximum Gasteiger partial charge on any atom is 0.303 e. The molecule has 2 saturated heterocycles. The highest BCUT2D eigenvalue weighted by Gasteiger charge is 2.47. The van der Waals surface area contributed by atoms with Crippen LogP contribution in [0, 0.1) is 0 Å². The summed E-state index contributed by atoms with van der Waals surface area (Å²) in [6.45, 7) is 8.02. The Kier molecular flexibility index (Phi) is 5.04. The lowest BCUT2D eigenvalue weighted by Gasteiger charge is -2.45. The minimum absolute atomic E-state index is 0.0907. The van der Waals surface area contributed by atoms with Crippen molar-refractivity contribution in [3.63, 3.8) is 0 Å². The molecule has 2 heterocycles. The topological polar surface area (TPSA) is 59.0 Å². The predicted molar refractivity (Wildman–Crippen MR) is 75.6 cm³/mol. The molecule has 20 heavy (non-hydrogen) atoms. The molecule has 2 aliphatic rings. The number of hydrogen-bond donors (Lipinski definition) is 1. The number of nitrogens with zero attached hydrogens (tertiary/aromatic N) is 1. The molecule has 0 radical (unpaired) electrons. The van der Waals surface area contributed by atoms with Crippen LogP contribution in [0.25, 0.3) is 0 Å². The van der Waals surface area contributed by atoms with Crippen molar-refractivity contribution >= 4 is 5.97 Å². The molecule has 0 aliphatic carbocycles. The van der Waals surface area contributed by atoms with E-state index in [1.54, 1.807) is 0 Å². The van der Waals surface area contributed by atoms with Crippen LogP contribution < -0.4 is 0 Å². The first-order valence-corrected chi connectivity index (χ1v) is 7.71. The molecule has 0 saturated carbocycles. The summed E-state index contributed by atoms with van der Waals surface area (Å²) < 4.78 is 12.0. The van der Waals surface area contributed by atoms with Gasteiger partial charge in [-0.2, -0.15) is 0 Å². The summed E-state index contributed by atoms with van der Waals surface area (Å²) in [5, 5.41) is 8.76. The van der Waals surface area contributed by atoms with Gasteiger partial charge in [-0.05, 0) is 46.6 Å². The average molecular weight is 285 g/mol. The van der Waals surface area contributed by atoms with Gasteiger partial charge in [0.05, 0.1) is 18.8 Å². The lowest BCUT2D eigenvalue weighted by atomic mass is 9.94. The molecule has 0 bridgehead atoms. The second kappa shape index (κ2) is 6.41. The van der Waals surface area contributed by atoms with Gasteiger partial charge >= 0.3 is 5.97 Å². The molecule has 0 amide bonds. The van der Waals surface area contributed by atoms with Gasteiger partial charge in [0.15, 0.2) is 5.79 Å². The van der Waals surface area contributed by atoms with Gasteiger partial charge in [0, 0.05) is 12.5 Å². The van der Waals surface area contributed by atoms with Gasteiger partial charge in [-0.3, -0.25) is 9.69 Å². The summed E-state index contributed by atoms with van der Waals surface area (Å²) in [6, 6.07) is 0.744. The molecular formula is C15H27NO4. The fourth-order valence-electron chi connectivity index (χ4n) is 3.39. The van der Waals surface area contributed by atoms with Crippen LogP contribution in [-0.4, -0.2) is 53.1 Å². The van der Waals surface area contributed by atoms with Crippen molar-refractivity contribution in [2.45, 2.75) is 76.9 Å². The number of likely N-dealkylation sites (tertiary alicyclic amines) is 1. The van der Waals surface area contributed by atoms with E-state index in [4.69, 9.17) is 14.6 Å². The van der Waals surface area contributed by atoms with Crippen LogP contribution in [0.1, 0.15) is 52.9 Å². The van der Waals surface area contributed by atoms with E-state index in [2.05, 4.69) is 18.7 Å². The second-order valence-corrected chi connectivity index (χ2v) is 6.34. The molecule has 2 rings (SSSR count). The SMILES string of the molecule is CC(C)N1CCCCC1C1(C)OCC(CCC(=O)O)O1. The number of carboxylic acid groups (broad SMARTS) is 1. The second-order valence-electron chi connectivity index (χ2n) is 6.34. The van der Waals surface area contributed by atoms with Crippen molar-refractivity contribution < 1.29 is 19.4 Å². The van der Waals surface area contributed by atoms with Gasteiger partial charge < -0.3 is 14.6 Å². The molecule has 5 nitrogen and oxygen atoms in total. The van der Waals surface area contributed by atoms with E-state index in [9.17, 15) is 4.79 Å². The number of ether oxygens (including phenoxy) is 2. The molecule has 0 aromatic heterocycles. The number of aliphatic carboxylic acids is 1. The van der Waals surface area contributed by atoms with Crippen molar-refractivity contribution in [3.8, 4) is 0 Å². The average Bonchev–Trinajstić information content (AvgIpc) is 2.79. The molecule has 2 fully saturated rings. The van der Waals surface area contributed by atoms with E-state index in [1.165, 1.54) is 12.8 Å². The number of rotatable bonds is 5. The third-order valence-corrected chi connectivity index (χ3v) is 4.45. The van der Waals surface area contributed by atoms with Gasteiger partial charge in [-0.25, -0.2) is 0 Å². The van der Waals surface area contributed by atoms with Crippen LogP contribution in [0.2, 0.25) is 0 Å². The molecule has 3 unspecified atom stereocenters. The maximum atomic E-state index is 10.7. The largest absolute Gasteiger partial charge is 0.481 e. The Labute approximate surface area is 121 Å². The number of carboxylic acids is 1. The third-order valence-electron chi connectivity index (χ3n) is 4.45. The van der Waals surface area contributed by atoms with Crippen LogP contribution in [-0.2, 0) is 14.3 Å². The number of carbonyl (C=O) groups is 1. The van der Waals surface area contributed by atoms with E-state index < -0.39 is 11.8 Å². The Morgan fingerprint density at radius 2 is 2.20 bits per heavy atom. The maximum absolute atomic E-state index is 10.7. The summed E-state index contributed by atoms with van der Waals surface area (Å²) in [5.74, 6) is -1.36. The summed E-state index contributed by atoms with van der Waals surface area (Å²) in [5.41, 5.74) is 0. The Morgan fingerprint density at radius 1 is 1.45 bits per heavy atom. The summed E-state index contributed by atoms with van der Waals surface area (Å²) >= 11 is 0. The number of hydrogen-bond acceptors (Lipinski definition) is 4. The van der Waals surface area contributed by atoms with E-state index in [0.717, 1.165) is 13.0 Å². The third kappa shape index (κ3) is 3.51. The summed E-state index contributed by atoms with van der Waals surface area (Å²) in [4.78, 5) is 13.1. The van der Waals surface area contributed by atoms with Gasteiger partial charge in [0.1, 0.15) is 0 Å². The Morgan fingerprint density at radius 3 is 2.85 bits per heavy atom. The summed E-state index contributed by atoms with van der Waals surface area (Å²) in [6.07, 6.45) is 4.10. The molecule has 0 spiro atoms. The van der Waals surface area contributed by atoms with Crippen LogP contribution in [0.3, 0.4) is 0 Å². The van der Waals surface area contributed by atoms with Crippen LogP contribution in [0.5, 0.6) is 0 Å². The fourth-order valence-corrected chi connectivity index (χ4v) is 3.39. The van der Waals surface area contributed by atoms with E-state index in [0.29, 0.717) is 19.1 Å². The summed E-state index contributed by atoms with van der Waals surface area (Å²) in [7, 11) is 0. The fraction of sp³-hybridized carbons (Fsp3) is 0.933. The van der Waals surface area contributed by atoms with E-state index >= 15 is 0 Å². The van der Waals surface area contributed by atoms with Gasteiger partial charge in [-0.15, -0.1) is 0 Å². The van der Waals surface area contributed by atoms with Crippen molar-refractivity contribution in [1.82, 2.24) is 4.90 Å². The molecule has 3 atom stereocenters. The zero-order valence-corrected chi connectivity index (χ0v) is 12.8. The molecule has 116 valence electrons. The zero-order valence-electron chi connectivity index (χ0n) is 12.8. The van der Waals surface area contributed by atoms with E-state index in [-0.39, 0.29) is 18.6 Å². The quantitative estimate of drug-likeness (QED) is 0.839. The Bertz CT molecular complexity index is 347. The highest BCUT2D eigenvalue weighted by molar-refractivity contribution is 5.66. The highest BCUT2D eigenvalue weighted by atomic mass is 16.7. The highest BCUT2D eigenvalue weighted by Crippen LogP contribution is 2.36. The Hall–Kier alpha value is -0.650. The first-order valence-electron chi connectivity index (χ1n) is 7.71. The Balaban J connectivity index is 1.97. The lowest BCUT2D eigenvalue weighted by molar-refractivity contribution is -0.209. The van der Waals surface area contributed by atoms with Crippen molar-refractivity contribution in [1.29, 1.82) is 0 Å². The van der Waals surface area contributed by atoms with Crippen LogP contribution in [0.15, 0.2) is 0 Å². The lowest BCUT2D eigenvalue weighted by Crippen LogP contribution is -2.56. The molecule has 1 N–H and O–H groups in total. The van der Waals surface area contributed by atoms with Crippen molar-refractivity contribution in [2.75, 3.05) is 13.2 Å². The monoisotopic (exact) mass is 285 g/mol. The first-order chi connectivity index (χ1) is 9.42. The minimum Gasteiger partial charge on any atom is -0.481 e. The number of piperidine rings is 1. The predicted octanol–water partition coefficient (Wildman–Crippen LogP) is 2.25. The van der Waals surface area contributed by atoms with Crippen LogP contribution >= 0.6 is 0 Å². The van der Waals surface area contributed by atoms with Crippen molar-refractivity contribution in [3.05, 3.63) is 0 Å². The van der Waals surface area contributed by atoms with E-state index in [1.807, 2.05) is 6.92 Å². The zero-order chi connectivity index (χ0) is 14.8. The standard InChI is InChI=1S/C15H27NO4/c1-11(2)16-9-5-4-6-13(16)15(3)19-10-12(20-15)7-8-14(17)18/h11-13H,4-10H2,1-3H3,(H,17,18). The molecular weight excluding hydrogens is 258 g/mol. The van der Waals surface area contributed by atoms with Crippen LogP contribution in [0.4, 0.5) is 0 Å². The minimum atomic E-state index is -0.774. The first kappa shape index (κ1) is 15.7. The van der Waals surface area contributed by atoms with Gasteiger partial charge in [-0.1, -0.05) is 6.42 Å².